The maximum atomic E-state index is 5.76. The number of pyridine rings is 1. The van der Waals surface area contributed by atoms with Crippen molar-refractivity contribution in [3.8, 4) is 0 Å². The molecular weight excluding hydrogens is 172 g/mol. The maximum absolute atomic E-state index is 5.76. The topological polar surface area (TPSA) is 38.9 Å². The Morgan fingerprint density at radius 1 is 1.36 bits per heavy atom. The third-order valence-electron chi connectivity index (χ3n) is 2.30. The summed E-state index contributed by atoms with van der Waals surface area (Å²) in [6.45, 7) is 6.79. The summed E-state index contributed by atoms with van der Waals surface area (Å²) in [5.41, 5.74) is 7.35. The van der Waals surface area contributed by atoms with Crippen LogP contribution in [0.4, 0.5) is 5.82 Å². The van der Waals surface area contributed by atoms with Crippen molar-refractivity contribution in [2.24, 2.45) is 5.41 Å². The Kier molecular flexibility index (Phi) is 3.50. The Balaban J connectivity index is 2.43. The molecule has 0 amide bonds. The fourth-order valence-corrected chi connectivity index (χ4v) is 1.47. The molecule has 0 spiro atoms. The number of aromatic nitrogens is 1. The number of anilines is 1. The molecule has 1 aromatic heterocycles. The van der Waals surface area contributed by atoms with E-state index < -0.39 is 0 Å². The lowest BCUT2D eigenvalue weighted by molar-refractivity contribution is 0.365. The third-order valence-corrected chi connectivity index (χ3v) is 2.30. The van der Waals surface area contributed by atoms with Gasteiger partial charge in [0, 0.05) is 6.20 Å². The van der Waals surface area contributed by atoms with E-state index in [1.807, 2.05) is 6.07 Å². The van der Waals surface area contributed by atoms with Gasteiger partial charge in [-0.05, 0) is 36.3 Å². The predicted molar refractivity (Wildman–Crippen MR) is 61.0 cm³/mol. The van der Waals surface area contributed by atoms with Gasteiger partial charge in [-0.2, -0.15) is 0 Å². The van der Waals surface area contributed by atoms with Gasteiger partial charge in [-0.15, -0.1) is 0 Å². The van der Waals surface area contributed by atoms with Gasteiger partial charge in [0.25, 0.3) is 0 Å². The molecule has 0 aliphatic heterocycles. The second-order valence-electron chi connectivity index (χ2n) is 4.96. The molecule has 0 saturated heterocycles. The Morgan fingerprint density at radius 3 is 2.64 bits per heavy atom. The van der Waals surface area contributed by atoms with E-state index in [2.05, 4.69) is 31.8 Å². The quantitative estimate of drug-likeness (QED) is 0.799. The fraction of sp³-hybridized carbons (Fsp3) is 0.583. The SMILES string of the molecule is CC(C)(C)CCCc1cccnc1N. The summed E-state index contributed by atoms with van der Waals surface area (Å²) in [4.78, 5) is 4.07. The summed E-state index contributed by atoms with van der Waals surface area (Å²) >= 11 is 0. The fourth-order valence-electron chi connectivity index (χ4n) is 1.47. The van der Waals surface area contributed by atoms with Crippen LogP contribution in [0.15, 0.2) is 18.3 Å². The Hall–Kier alpha value is -1.05. The molecule has 0 unspecified atom stereocenters. The van der Waals surface area contributed by atoms with Gasteiger partial charge in [0.15, 0.2) is 0 Å². The van der Waals surface area contributed by atoms with Crippen molar-refractivity contribution in [1.29, 1.82) is 0 Å². The van der Waals surface area contributed by atoms with Crippen LogP contribution in [0.25, 0.3) is 0 Å². The molecule has 0 aliphatic carbocycles. The van der Waals surface area contributed by atoms with Crippen molar-refractivity contribution in [2.75, 3.05) is 5.73 Å². The normalized spacial score (nSPS) is 11.6. The number of nitrogen functional groups attached to an aromatic ring is 1. The lowest BCUT2D eigenvalue weighted by Crippen LogP contribution is -2.06. The number of hydrogen-bond acceptors (Lipinski definition) is 2. The van der Waals surface area contributed by atoms with Gasteiger partial charge in [-0.3, -0.25) is 0 Å². The molecule has 1 rings (SSSR count). The molecule has 2 heteroatoms. The molecule has 14 heavy (non-hydrogen) atoms. The number of rotatable bonds is 3. The monoisotopic (exact) mass is 192 g/mol. The van der Waals surface area contributed by atoms with Gasteiger partial charge in [-0.1, -0.05) is 26.8 Å². The van der Waals surface area contributed by atoms with Gasteiger partial charge in [0.05, 0.1) is 0 Å². The van der Waals surface area contributed by atoms with Gasteiger partial charge >= 0.3 is 0 Å². The molecular formula is C12H20N2. The average molecular weight is 192 g/mol. The predicted octanol–water partition coefficient (Wildman–Crippen LogP) is 3.03. The molecule has 78 valence electrons. The molecule has 2 nitrogen and oxygen atoms in total. The molecule has 1 heterocycles. The zero-order valence-corrected chi connectivity index (χ0v) is 9.38. The molecule has 0 fully saturated rings. The van der Waals surface area contributed by atoms with Crippen molar-refractivity contribution < 1.29 is 0 Å². The second kappa shape index (κ2) is 4.45. The summed E-state index contributed by atoms with van der Waals surface area (Å²) in [5, 5.41) is 0. The van der Waals surface area contributed by atoms with Crippen molar-refractivity contribution in [3.63, 3.8) is 0 Å². The van der Waals surface area contributed by atoms with Crippen LogP contribution in [0, 0.1) is 5.41 Å². The highest BCUT2D eigenvalue weighted by Crippen LogP contribution is 2.22. The van der Waals surface area contributed by atoms with E-state index in [-0.39, 0.29) is 0 Å². The first-order valence-corrected chi connectivity index (χ1v) is 5.18. The van der Waals surface area contributed by atoms with Gasteiger partial charge in [0.1, 0.15) is 5.82 Å². The van der Waals surface area contributed by atoms with Crippen LogP contribution in [0.5, 0.6) is 0 Å². The summed E-state index contributed by atoms with van der Waals surface area (Å²) < 4.78 is 0. The van der Waals surface area contributed by atoms with Crippen LogP contribution >= 0.6 is 0 Å². The first kappa shape index (κ1) is 11.0. The first-order chi connectivity index (χ1) is 6.49. The van der Waals surface area contributed by atoms with E-state index in [4.69, 9.17) is 5.73 Å². The highest BCUT2D eigenvalue weighted by atomic mass is 14.8. The van der Waals surface area contributed by atoms with Crippen molar-refractivity contribution in [1.82, 2.24) is 4.98 Å². The van der Waals surface area contributed by atoms with Crippen LogP contribution in [-0.4, -0.2) is 4.98 Å². The van der Waals surface area contributed by atoms with E-state index in [9.17, 15) is 0 Å². The summed E-state index contributed by atoms with van der Waals surface area (Å²) in [6.07, 6.45) is 5.18. The molecule has 0 bridgehead atoms. The standard InChI is InChI=1S/C12H20N2/c1-12(2,3)8-4-6-10-7-5-9-14-11(10)13/h5,7,9H,4,6,8H2,1-3H3,(H2,13,14). The van der Waals surface area contributed by atoms with E-state index in [0.29, 0.717) is 11.2 Å². The van der Waals surface area contributed by atoms with E-state index in [0.717, 1.165) is 6.42 Å². The molecule has 0 aliphatic rings. The van der Waals surface area contributed by atoms with Gasteiger partial charge in [-0.25, -0.2) is 4.98 Å². The summed E-state index contributed by atoms with van der Waals surface area (Å²) in [7, 11) is 0. The average Bonchev–Trinajstić information content (AvgIpc) is 2.06. The minimum Gasteiger partial charge on any atom is -0.383 e. The zero-order valence-electron chi connectivity index (χ0n) is 9.38. The number of nitrogens with zero attached hydrogens (tertiary/aromatic N) is 1. The molecule has 0 radical (unpaired) electrons. The Labute approximate surface area is 86.5 Å². The highest BCUT2D eigenvalue weighted by Gasteiger charge is 2.09. The van der Waals surface area contributed by atoms with Crippen LogP contribution in [0.2, 0.25) is 0 Å². The highest BCUT2D eigenvalue weighted by molar-refractivity contribution is 5.38. The molecule has 1 aromatic rings. The first-order valence-electron chi connectivity index (χ1n) is 5.18. The van der Waals surface area contributed by atoms with Crippen LogP contribution < -0.4 is 5.73 Å². The Bertz CT molecular complexity index is 287. The smallest absolute Gasteiger partial charge is 0.126 e. The summed E-state index contributed by atoms with van der Waals surface area (Å²) in [6, 6.07) is 4.01. The zero-order chi connectivity index (χ0) is 10.6. The van der Waals surface area contributed by atoms with Crippen molar-refractivity contribution >= 4 is 5.82 Å². The minimum absolute atomic E-state index is 0.414. The van der Waals surface area contributed by atoms with Crippen LogP contribution in [0.1, 0.15) is 39.2 Å². The molecule has 2 N–H and O–H groups in total. The second-order valence-corrected chi connectivity index (χ2v) is 4.96. The third kappa shape index (κ3) is 3.77. The van der Waals surface area contributed by atoms with E-state index >= 15 is 0 Å². The van der Waals surface area contributed by atoms with E-state index in [1.165, 1.54) is 18.4 Å². The van der Waals surface area contributed by atoms with E-state index in [1.54, 1.807) is 6.20 Å². The molecule has 0 atom stereocenters. The number of aryl methyl sites for hydroxylation is 1. The number of nitrogens with two attached hydrogens (primary N) is 1. The minimum atomic E-state index is 0.414. The lowest BCUT2D eigenvalue weighted by Gasteiger charge is -2.17. The van der Waals surface area contributed by atoms with Crippen molar-refractivity contribution in [2.45, 2.75) is 40.0 Å². The lowest BCUT2D eigenvalue weighted by atomic mass is 9.89. The number of hydrogen-bond donors (Lipinski definition) is 1. The van der Waals surface area contributed by atoms with Gasteiger partial charge < -0.3 is 5.73 Å². The molecule has 0 saturated carbocycles. The van der Waals surface area contributed by atoms with Crippen LogP contribution in [0.3, 0.4) is 0 Å². The molecule has 0 aromatic carbocycles. The summed E-state index contributed by atoms with van der Waals surface area (Å²) in [5.74, 6) is 0.682. The largest absolute Gasteiger partial charge is 0.383 e. The van der Waals surface area contributed by atoms with Crippen LogP contribution in [-0.2, 0) is 6.42 Å². The van der Waals surface area contributed by atoms with Gasteiger partial charge in [0.2, 0.25) is 0 Å². The maximum Gasteiger partial charge on any atom is 0.126 e. The van der Waals surface area contributed by atoms with Crippen molar-refractivity contribution in [3.05, 3.63) is 23.9 Å². The Morgan fingerprint density at radius 2 is 2.07 bits per heavy atom.